The molecule has 0 aromatic carbocycles. The number of aromatic nitrogens is 2. The van der Waals surface area contributed by atoms with Crippen molar-refractivity contribution in [2.45, 2.75) is 51.0 Å². The second kappa shape index (κ2) is 3.09. The lowest BCUT2D eigenvalue weighted by atomic mass is 9.99. The van der Waals surface area contributed by atoms with Gasteiger partial charge in [-0.05, 0) is 47.5 Å². The predicted molar refractivity (Wildman–Crippen MR) is 59.6 cm³/mol. The van der Waals surface area contributed by atoms with E-state index in [1.165, 1.54) is 43.7 Å². The number of halogens is 1. The lowest BCUT2D eigenvalue weighted by Crippen LogP contribution is -2.15. The smallest absolute Gasteiger partial charge is 0.127 e. The second-order valence-corrected chi connectivity index (χ2v) is 5.37. The van der Waals surface area contributed by atoms with E-state index in [9.17, 15) is 0 Å². The Morgan fingerprint density at radius 1 is 1.36 bits per heavy atom. The van der Waals surface area contributed by atoms with Crippen molar-refractivity contribution in [1.82, 2.24) is 9.55 Å². The summed E-state index contributed by atoms with van der Waals surface area (Å²) in [5, 5.41) is 0. The summed E-state index contributed by atoms with van der Waals surface area (Å²) in [5.41, 5.74) is 1.44. The Morgan fingerprint density at radius 2 is 2.14 bits per heavy atom. The Bertz CT molecular complexity index is 366. The van der Waals surface area contributed by atoms with Crippen LogP contribution in [-0.4, -0.2) is 9.55 Å². The molecule has 0 saturated heterocycles. The van der Waals surface area contributed by atoms with Crippen LogP contribution in [0.25, 0.3) is 0 Å². The van der Waals surface area contributed by atoms with E-state index < -0.39 is 0 Å². The van der Waals surface area contributed by atoms with Gasteiger partial charge in [0.05, 0.1) is 5.69 Å². The number of rotatable bonds is 1. The summed E-state index contributed by atoms with van der Waals surface area (Å²) in [4.78, 5) is 4.68. The maximum Gasteiger partial charge on any atom is 0.127 e. The fourth-order valence-electron chi connectivity index (χ4n) is 2.50. The van der Waals surface area contributed by atoms with E-state index in [-0.39, 0.29) is 0 Å². The van der Waals surface area contributed by atoms with Gasteiger partial charge >= 0.3 is 0 Å². The summed E-state index contributed by atoms with van der Waals surface area (Å²) in [7, 11) is 0. The van der Waals surface area contributed by atoms with Gasteiger partial charge in [-0.1, -0.05) is 6.92 Å². The summed E-state index contributed by atoms with van der Waals surface area (Å²) in [6.45, 7) is 3.50. The molecule has 1 aliphatic carbocycles. The first-order valence-corrected chi connectivity index (χ1v) is 6.32. The highest BCUT2D eigenvalue weighted by Crippen LogP contribution is 2.43. The van der Waals surface area contributed by atoms with Crippen molar-refractivity contribution >= 4 is 15.9 Å². The van der Waals surface area contributed by atoms with Gasteiger partial charge in [0.25, 0.3) is 0 Å². The second-order valence-electron chi connectivity index (χ2n) is 4.62. The van der Waals surface area contributed by atoms with Crippen LogP contribution in [0.4, 0.5) is 0 Å². The topological polar surface area (TPSA) is 17.8 Å². The molecule has 2 aliphatic rings. The molecule has 1 aromatic rings. The third-order valence-electron chi connectivity index (χ3n) is 3.42. The van der Waals surface area contributed by atoms with Crippen LogP contribution in [0, 0.1) is 0 Å². The summed E-state index contributed by atoms with van der Waals surface area (Å²) in [6.07, 6.45) is 5.32. The average molecular weight is 255 g/mol. The van der Waals surface area contributed by atoms with E-state index in [1.54, 1.807) is 0 Å². The van der Waals surface area contributed by atoms with Gasteiger partial charge in [-0.15, -0.1) is 0 Å². The van der Waals surface area contributed by atoms with Gasteiger partial charge in [-0.2, -0.15) is 0 Å². The Hall–Kier alpha value is -0.310. The van der Waals surface area contributed by atoms with Crippen LogP contribution in [0.5, 0.6) is 0 Å². The molecule has 3 heteroatoms. The zero-order valence-corrected chi connectivity index (χ0v) is 10.0. The van der Waals surface area contributed by atoms with E-state index in [4.69, 9.17) is 0 Å². The monoisotopic (exact) mass is 254 g/mol. The van der Waals surface area contributed by atoms with Crippen LogP contribution in [0.3, 0.4) is 0 Å². The first-order chi connectivity index (χ1) is 6.77. The van der Waals surface area contributed by atoms with Crippen LogP contribution < -0.4 is 0 Å². The van der Waals surface area contributed by atoms with Crippen molar-refractivity contribution in [3.63, 3.8) is 0 Å². The van der Waals surface area contributed by atoms with Crippen molar-refractivity contribution < 1.29 is 0 Å². The highest BCUT2D eigenvalue weighted by molar-refractivity contribution is 9.10. The first kappa shape index (κ1) is 8.96. The van der Waals surface area contributed by atoms with Crippen molar-refractivity contribution in [2.75, 3.05) is 0 Å². The maximum atomic E-state index is 4.68. The minimum absolute atomic E-state index is 0.679. The Balaban J connectivity index is 2.11. The quantitative estimate of drug-likeness (QED) is 0.751. The molecule has 0 amide bonds. The molecule has 1 unspecified atom stereocenters. The molecule has 1 aliphatic heterocycles. The molecule has 76 valence electrons. The number of hydrogen-bond donors (Lipinski definition) is 0. The van der Waals surface area contributed by atoms with Crippen molar-refractivity contribution in [3.8, 4) is 0 Å². The molecule has 3 rings (SSSR count). The van der Waals surface area contributed by atoms with E-state index in [0.717, 1.165) is 10.5 Å². The molecule has 1 saturated carbocycles. The molecule has 0 spiro atoms. The number of fused-ring (bicyclic) bond motifs is 1. The van der Waals surface area contributed by atoms with E-state index in [1.807, 2.05) is 0 Å². The zero-order valence-electron chi connectivity index (χ0n) is 8.46. The van der Waals surface area contributed by atoms with Gasteiger partial charge in [0.15, 0.2) is 0 Å². The molecule has 1 aromatic heterocycles. The van der Waals surface area contributed by atoms with Gasteiger partial charge in [0.2, 0.25) is 0 Å². The molecule has 14 heavy (non-hydrogen) atoms. The molecule has 2 heterocycles. The largest absolute Gasteiger partial charge is 0.330 e. The Kier molecular flexibility index (Phi) is 1.98. The van der Waals surface area contributed by atoms with Crippen molar-refractivity contribution in [1.29, 1.82) is 0 Å². The number of imidazole rings is 1. The Morgan fingerprint density at radius 3 is 2.86 bits per heavy atom. The molecule has 0 bridgehead atoms. The highest BCUT2D eigenvalue weighted by Gasteiger charge is 2.33. The zero-order chi connectivity index (χ0) is 9.71. The van der Waals surface area contributed by atoms with E-state index in [0.29, 0.717) is 5.92 Å². The van der Waals surface area contributed by atoms with Gasteiger partial charge < -0.3 is 4.57 Å². The molecular formula is C11H15BrN2. The van der Waals surface area contributed by atoms with E-state index >= 15 is 0 Å². The molecule has 0 radical (unpaired) electrons. The van der Waals surface area contributed by atoms with Crippen LogP contribution in [0.15, 0.2) is 4.60 Å². The van der Waals surface area contributed by atoms with Gasteiger partial charge in [0.1, 0.15) is 10.4 Å². The highest BCUT2D eigenvalue weighted by atomic mass is 79.9. The predicted octanol–water partition coefficient (Wildman–Crippen LogP) is 3.42. The third-order valence-corrected chi connectivity index (χ3v) is 4.00. The van der Waals surface area contributed by atoms with E-state index in [2.05, 4.69) is 32.4 Å². The minimum atomic E-state index is 0.679. The van der Waals surface area contributed by atoms with Gasteiger partial charge in [-0.3, -0.25) is 0 Å². The minimum Gasteiger partial charge on any atom is -0.330 e. The Labute approximate surface area is 92.8 Å². The maximum absolute atomic E-state index is 4.68. The molecule has 2 nitrogen and oxygen atoms in total. The van der Waals surface area contributed by atoms with Crippen LogP contribution in [0.2, 0.25) is 0 Å². The molecule has 0 N–H and O–H groups in total. The summed E-state index contributed by atoms with van der Waals surface area (Å²) in [6, 6.07) is 0. The van der Waals surface area contributed by atoms with Crippen LogP contribution in [-0.2, 0) is 6.54 Å². The fourth-order valence-corrected chi connectivity index (χ4v) is 3.29. The van der Waals surface area contributed by atoms with Crippen molar-refractivity contribution in [2.24, 2.45) is 0 Å². The first-order valence-electron chi connectivity index (χ1n) is 5.53. The third kappa shape index (κ3) is 1.25. The average Bonchev–Trinajstić information content (AvgIpc) is 2.93. The molecule has 1 fully saturated rings. The number of nitrogens with zero attached hydrogens (tertiary/aromatic N) is 2. The molecule has 1 atom stereocenters. The SMILES string of the molecule is CC1CCCn2c(C3CC3)nc(Br)c21. The summed E-state index contributed by atoms with van der Waals surface area (Å²) < 4.78 is 3.57. The lowest BCUT2D eigenvalue weighted by molar-refractivity contribution is 0.462. The lowest BCUT2D eigenvalue weighted by Gasteiger charge is -2.22. The normalized spacial score (nSPS) is 26.3. The standard InChI is InChI=1S/C11H15BrN2/c1-7-3-2-6-14-9(7)10(12)13-11(14)8-4-5-8/h7-8H,2-6H2,1H3. The van der Waals surface area contributed by atoms with Gasteiger partial charge in [-0.25, -0.2) is 4.98 Å². The van der Waals surface area contributed by atoms with Crippen LogP contribution >= 0.6 is 15.9 Å². The fraction of sp³-hybridized carbons (Fsp3) is 0.727. The van der Waals surface area contributed by atoms with Gasteiger partial charge in [0, 0.05) is 12.5 Å². The summed E-state index contributed by atoms with van der Waals surface area (Å²) in [5.74, 6) is 2.79. The summed E-state index contributed by atoms with van der Waals surface area (Å²) >= 11 is 3.61. The van der Waals surface area contributed by atoms with Crippen LogP contribution in [0.1, 0.15) is 56.0 Å². The van der Waals surface area contributed by atoms with Crippen molar-refractivity contribution in [3.05, 3.63) is 16.1 Å². The molecular weight excluding hydrogens is 240 g/mol. The number of hydrogen-bond acceptors (Lipinski definition) is 1.